The molecule has 1 aliphatic rings. The highest BCUT2D eigenvalue weighted by Gasteiger charge is 2.48. The van der Waals surface area contributed by atoms with Crippen LogP contribution in [0.1, 0.15) is 22.3 Å². The third kappa shape index (κ3) is 5.95. The van der Waals surface area contributed by atoms with Gasteiger partial charge in [-0.3, -0.25) is 0 Å². The summed E-state index contributed by atoms with van der Waals surface area (Å²) in [6, 6.07) is 90.1. The summed E-state index contributed by atoms with van der Waals surface area (Å²) in [5.74, 6) is 0. The van der Waals surface area contributed by atoms with Gasteiger partial charge in [-0.2, -0.15) is 0 Å². The van der Waals surface area contributed by atoms with Crippen molar-refractivity contribution in [3.8, 4) is 44.5 Å². The first kappa shape index (κ1) is 36.6. The van der Waals surface area contributed by atoms with Gasteiger partial charge in [-0.05, 0) is 104 Å². The van der Waals surface area contributed by atoms with Gasteiger partial charge in [0.25, 0.3) is 0 Å². The van der Waals surface area contributed by atoms with E-state index in [9.17, 15) is 0 Å². The van der Waals surface area contributed by atoms with Crippen molar-refractivity contribution in [3.05, 3.63) is 271 Å². The SMILES string of the molecule is c1ccc(-c2ccc(-c3ccc(N(c4ccccc4)c4c5c(cc6oc7ccccc7c46)C(c4ccccc4)(c4ccccc4)c4ccc(-c6ccccc6)cc4-5)cc3)cc2)cc1. The minimum atomic E-state index is -0.650. The number of anilines is 3. The summed E-state index contributed by atoms with van der Waals surface area (Å²) in [5, 5.41) is 2.17. The minimum Gasteiger partial charge on any atom is -0.456 e. The van der Waals surface area contributed by atoms with Gasteiger partial charge in [0.15, 0.2) is 0 Å². The van der Waals surface area contributed by atoms with Crippen molar-refractivity contribution < 1.29 is 4.42 Å². The van der Waals surface area contributed by atoms with E-state index in [2.05, 4.69) is 254 Å². The molecule has 0 amide bonds. The van der Waals surface area contributed by atoms with Crippen LogP contribution in [-0.4, -0.2) is 0 Å². The molecule has 296 valence electrons. The molecule has 0 spiro atoms. The standard InChI is InChI=1S/C61H41NO/c1-6-18-42(19-7-1)44-30-32-45(33-31-44)46-34-37-51(38-35-46)62(50-26-14-5-15-27-50)60-58-53-40-47(43-20-8-2-9-21-43)36-39-54(53)61(48-22-10-3-11-23-48,49-24-12-4-13-25-49)55(58)41-57-59(60)52-28-16-17-29-56(52)63-57/h1-41H. The summed E-state index contributed by atoms with van der Waals surface area (Å²) in [4.78, 5) is 2.47. The maximum absolute atomic E-state index is 6.99. The van der Waals surface area contributed by atoms with Gasteiger partial charge in [-0.25, -0.2) is 0 Å². The van der Waals surface area contributed by atoms with Gasteiger partial charge in [0.1, 0.15) is 11.2 Å². The van der Waals surface area contributed by atoms with Crippen LogP contribution in [0.4, 0.5) is 17.1 Å². The Morgan fingerprint density at radius 1 is 0.333 bits per heavy atom. The van der Waals surface area contributed by atoms with Gasteiger partial charge in [-0.15, -0.1) is 0 Å². The summed E-state index contributed by atoms with van der Waals surface area (Å²) < 4.78 is 6.99. The fourth-order valence-electron chi connectivity index (χ4n) is 10.1. The summed E-state index contributed by atoms with van der Waals surface area (Å²) >= 11 is 0. The molecule has 63 heavy (non-hydrogen) atoms. The van der Waals surface area contributed by atoms with E-state index in [0.717, 1.165) is 44.6 Å². The largest absolute Gasteiger partial charge is 0.456 e. The van der Waals surface area contributed by atoms with Crippen molar-refractivity contribution in [3.63, 3.8) is 0 Å². The minimum absolute atomic E-state index is 0.650. The van der Waals surface area contributed by atoms with Crippen molar-refractivity contribution in [2.75, 3.05) is 4.90 Å². The predicted octanol–water partition coefficient (Wildman–Crippen LogP) is 16.4. The smallest absolute Gasteiger partial charge is 0.137 e. The van der Waals surface area contributed by atoms with Gasteiger partial charge in [0.05, 0.1) is 16.5 Å². The highest BCUT2D eigenvalue weighted by molar-refractivity contribution is 6.19. The lowest BCUT2D eigenvalue weighted by Crippen LogP contribution is -2.28. The molecule has 1 aliphatic carbocycles. The van der Waals surface area contributed by atoms with Crippen molar-refractivity contribution >= 4 is 39.0 Å². The van der Waals surface area contributed by atoms with Crippen LogP contribution in [0.25, 0.3) is 66.4 Å². The van der Waals surface area contributed by atoms with E-state index in [-0.39, 0.29) is 0 Å². The number of fused-ring (bicyclic) bond motifs is 6. The first-order chi connectivity index (χ1) is 31.3. The van der Waals surface area contributed by atoms with Crippen LogP contribution < -0.4 is 4.90 Å². The van der Waals surface area contributed by atoms with Crippen molar-refractivity contribution in [1.82, 2.24) is 0 Å². The lowest BCUT2D eigenvalue weighted by atomic mass is 9.67. The predicted molar refractivity (Wildman–Crippen MR) is 262 cm³/mol. The first-order valence-corrected chi connectivity index (χ1v) is 21.7. The van der Waals surface area contributed by atoms with Gasteiger partial charge in [-0.1, -0.05) is 206 Å². The van der Waals surface area contributed by atoms with E-state index >= 15 is 0 Å². The zero-order chi connectivity index (χ0) is 41.7. The molecule has 1 aromatic heterocycles. The Bertz CT molecular complexity index is 3360. The summed E-state index contributed by atoms with van der Waals surface area (Å²) in [6.07, 6.45) is 0. The van der Waals surface area contributed by atoms with E-state index in [1.807, 2.05) is 0 Å². The van der Waals surface area contributed by atoms with Gasteiger partial charge >= 0.3 is 0 Å². The molecular formula is C61H41NO. The highest BCUT2D eigenvalue weighted by atomic mass is 16.3. The van der Waals surface area contributed by atoms with Crippen LogP contribution in [0.3, 0.4) is 0 Å². The van der Waals surface area contributed by atoms with Gasteiger partial charge < -0.3 is 9.32 Å². The third-order valence-corrected chi connectivity index (χ3v) is 12.9. The molecule has 11 aromatic rings. The fraction of sp³-hybridized carbons (Fsp3) is 0.0164. The summed E-state index contributed by atoms with van der Waals surface area (Å²) in [6.45, 7) is 0. The molecule has 0 aliphatic heterocycles. The number of furan rings is 1. The van der Waals surface area contributed by atoms with Crippen molar-refractivity contribution in [2.24, 2.45) is 0 Å². The molecule has 0 unspecified atom stereocenters. The van der Waals surface area contributed by atoms with E-state index in [1.54, 1.807) is 0 Å². The maximum Gasteiger partial charge on any atom is 0.137 e. The Morgan fingerprint density at radius 2 is 0.778 bits per heavy atom. The lowest BCUT2D eigenvalue weighted by Gasteiger charge is -2.34. The second-order valence-corrected chi connectivity index (χ2v) is 16.4. The normalized spacial score (nSPS) is 12.6. The molecule has 12 rings (SSSR count). The van der Waals surface area contributed by atoms with E-state index < -0.39 is 5.41 Å². The Hall–Kier alpha value is -8.20. The first-order valence-electron chi connectivity index (χ1n) is 21.7. The lowest BCUT2D eigenvalue weighted by molar-refractivity contribution is 0.666. The van der Waals surface area contributed by atoms with Crippen LogP contribution in [0.5, 0.6) is 0 Å². The number of rotatable bonds is 8. The Morgan fingerprint density at radius 3 is 1.37 bits per heavy atom. The molecule has 0 radical (unpaired) electrons. The molecule has 2 heteroatoms. The molecule has 1 heterocycles. The number of hydrogen-bond acceptors (Lipinski definition) is 2. The second kappa shape index (κ2) is 15.1. The molecule has 0 N–H and O–H groups in total. The maximum atomic E-state index is 6.99. The Balaban J connectivity index is 1.17. The molecule has 2 nitrogen and oxygen atoms in total. The number of para-hydroxylation sites is 2. The van der Waals surface area contributed by atoms with Crippen LogP contribution in [0.2, 0.25) is 0 Å². The average molecular weight is 804 g/mol. The molecule has 10 aromatic carbocycles. The van der Waals surface area contributed by atoms with Gasteiger partial charge in [0.2, 0.25) is 0 Å². The molecule has 0 saturated carbocycles. The zero-order valence-electron chi connectivity index (χ0n) is 34.5. The molecule has 0 fully saturated rings. The average Bonchev–Trinajstić information content (AvgIpc) is 3.89. The quantitative estimate of drug-likeness (QED) is 0.152. The zero-order valence-corrected chi connectivity index (χ0v) is 34.5. The van der Waals surface area contributed by atoms with E-state index in [1.165, 1.54) is 61.2 Å². The van der Waals surface area contributed by atoms with Crippen molar-refractivity contribution in [1.29, 1.82) is 0 Å². The number of hydrogen-bond donors (Lipinski definition) is 0. The molecule has 0 bridgehead atoms. The molecular weight excluding hydrogens is 763 g/mol. The highest BCUT2D eigenvalue weighted by Crippen LogP contribution is 2.62. The molecule has 0 saturated heterocycles. The van der Waals surface area contributed by atoms with Gasteiger partial charge in [0, 0.05) is 22.3 Å². The van der Waals surface area contributed by atoms with E-state index in [0.29, 0.717) is 0 Å². The van der Waals surface area contributed by atoms with Crippen LogP contribution >= 0.6 is 0 Å². The number of nitrogens with zero attached hydrogens (tertiary/aromatic N) is 1. The summed E-state index contributed by atoms with van der Waals surface area (Å²) in [7, 11) is 0. The number of benzene rings is 10. The molecule has 0 atom stereocenters. The van der Waals surface area contributed by atoms with Crippen molar-refractivity contribution in [2.45, 2.75) is 5.41 Å². The monoisotopic (exact) mass is 803 g/mol. The fourth-order valence-corrected chi connectivity index (χ4v) is 10.1. The van der Waals surface area contributed by atoms with Crippen LogP contribution in [-0.2, 0) is 5.41 Å². The Labute approximate surface area is 367 Å². The van der Waals surface area contributed by atoms with Crippen LogP contribution in [0.15, 0.2) is 253 Å². The topological polar surface area (TPSA) is 16.4 Å². The summed E-state index contributed by atoms with van der Waals surface area (Å²) in [5.41, 5.74) is 18.7. The third-order valence-electron chi connectivity index (χ3n) is 12.9. The Kier molecular flexibility index (Phi) is 8.76. The van der Waals surface area contributed by atoms with E-state index in [4.69, 9.17) is 4.42 Å². The second-order valence-electron chi connectivity index (χ2n) is 16.4. The van der Waals surface area contributed by atoms with Crippen LogP contribution in [0, 0.1) is 0 Å².